The number of ether oxygens (including phenoxy) is 1. The molecule has 4 heteroatoms. The lowest BCUT2D eigenvalue weighted by Crippen LogP contribution is -2.61. The highest BCUT2D eigenvalue weighted by Gasteiger charge is 2.39. The molecule has 0 aromatic carbocycles. The summed E-state index contributed by atoms with van der Waals surface area (Å²) in [4.78, 5) is 2.12. The molecule has 1 unspecified atom stereocenters. The second-order valence-corrected chi connectivity index (χ2v) is 3.95. The zero-order valence-electron chi connectivity index (χ0n) is 7.38. The van der Waals surface area contributed by atoms with Crippen LogP contribution < -0.4 is 0 Å². The molecule has 1 rings (SSSR count). The number of alkyl halides is 1. The monoisotopic (exact) mass is 188 g/mol. The van der Waals surface area contributed by atoms with Gasteiger partial charge in [-0.05, 0) is 6.92 Å². The fourth-order valence-corrected chi connectivity index (χ4v) is 1.62. The van der Waals surface area contributed by atoms with Gasteiger partial charge in [0.25, 0.3) is 0 Å². The lowest BCUT2D eigenvalue weighted by Gasteiger charge is -2.47. The molecular formula is C8H13ClN2O. The molecule has 0 spiro atoms. The van der Waals surface area contributed by atoms with Crippen molar-refractivity contribution in [2.45, 2.75) is 17.9 Å². The third kappa shape index (κ3) is 2.10. The van der Waals surface area contributed by atoms with Crippen LogP contribution in [0.3, 0.4) is 0 Å². The van der Waals surface area contributed by atoms with Crippen LogP contribution >= 0.6 is 11.6 Å². The molecule has 1 aliphatic heterocycles. The van der Waals surface area contributed by atoms with Gasteiger partial charge in [-0.3, -0.25) is 4.90 Å². The van der Waals surface area contributed by atoms with Crippen molar-refractivity contribution in [3.05, 3.63) is 0 Å². The van der Waals surface area contributed by atoms with E-state index in [1.54, 1.807) is 7.11 Å². The Morgan fingerprint density at radius 3 is 2.75 bits per heavy atom. The molecule has 3 nitrogen and oxygen atoms in total. The van der Waals surface area contributed by atoms with Crippen LogP contribution in [0.2, 0.25) is 0 Å². The number of likely N-dealkylation sites (tertiary alicyclic amines) is 1. The highest BCUT2D eigenvalue weighted by Crippen LogP contribution is 2.23. The van der Waals surface area contributed by atoms with Crippen molar-refractivity contribution in [2.24, 2.45) is 0 Å². The van der Waals surface area contributed by atoms with Crippen LogP contribution in [0.5, 0.6) is 0 Å². The maximum atomic E-state index is 8.45. The molecular weight excluding hydrogens is 176 g/mol. The number of hydrogen-bond donors (Lipinski definition) is 0. The lowest BCUT2D eigenvalue weighted by atomic mass is 9.96. The number of rotatable bonds is 3. The predicted octanol–water partition coefficient (Wildman–Crippen LogP) is 0.838. The molecule has 1 saturated heterocycles. The average Bonchev–Trinajstić information content (AvgIpc) is 2.01. The first-order valence-corrected chi connectivity index (χ1v) is 4.34. The Hall–Kier alpha value is -0.300. The van der Waals surface area contributed by atoms with Crippen molar-refractivity contribution in [1.82, 2.24) is 4.90 Å². The zero-order valence-corrected chi connectivity index (χ0v) is 8.14. The van der Waals surface area contributed by atoms with E-state index in [0.29, 0.717) is 6.54 Å². The summed E-state index contributed by atoms with van der Waals surface area (Å²) in [5.74, 6) is 0. The van der Waals surface area contributed by atoms with Crippen molar-refractivity contribution in [3.63, 3.8) is 0 Å². The molecule has 1 aliphatic rings. The van der Waals surface area contributed by atoms with E-state index in [1.165, 1.54) is 0 Å². The number of nitrogens with zero attached hydrogens (tertiary/aromatic N) is 2. The van der Waals surface area contributed by atoms with Crippen LogP contribution in [0.15, 0.2) is 0 Å². The fraction of sp³-hybridized carbons (Fsp3) is 0.875. The number of methoxy groups -OCH3 is 1. The minimum atomic E-state index is -0.397. The van der Waals surface area contributed by atoms with Gasteiger partial charge in [0.1, 0.15) is 5.38 Å². The van der Waals surface area contributed by atoms with Crippen LogP contribution in [0.1, 0.15) is 6.92 Å². The summed E-state index contributed by atoms with van der Waals surface area (Å²) in [5, 5.41) is 8.05. The van der Waals surface area contributed by atoms with Crippen molar-refractivity contribution in [2.75, 3.05) is 26.7 Å². The van der Waals surface area contributed by atoms with E-state index in [2.05, 4.69) is 11.8 Å². The molecule has 0 aromatic rings. The van der Waals surface area contributed by atoms with Crippen LogP contribution in [0, 0.1) is 11.3 Å². The van der Waals surface area contributed by atoms with E-state index in [1.807, 2.05) is 6.07 Å². The lowest BCUT2D eigenvalue weighted by molar-refractivity contribution is -0.109. The van der Waals surface area contributed by atoms with Gasteiger partial charge < -0.3 is 4.74 Å². The van der Waals surface area contributed by atoms with Gasteiger partial charge in [-0.15, -0.1) is 11.6 Å². The number of halogens is 1. The topological polar surface area (TPSA) is 36.3 Å². The summed E-state index contributed by atoms with van der Waals surface area (Å²) in [6.45, 7) is 4.43. The number of nitriles is 1. The molecule has 1 atom stereocenters. The van der Waals surface area contributed by atoms with Crippen LogP contribution in [-0.4, -0.2) is 42.6 Å². The highest BCUT2D eigenvalue weighted by atomic mass is 35.5. The Kier molecular flexibility index (Phi) is 2.94. The second-order valence-electron chi connectivity index (χ2n) is 3.42. The van der Waals surface area contributed by atoms with Gasteiger partial charge in [0.15, 0.2) is 0 Å². The van der Waals surface area contributed by atoms with Crippen LogP contribution in [0.4, 0.5) is 0 Å². The van der Waals surface area contributed by atoms with E-state index in [0.717, 1.165) is 13.1 Å². The van der Waals surface area contributed by atoms with Gasteiger partial charge in [-0.25, -0.2) is 0 Å². The molecule has 68 valence electrons. The van der Waals surface area contributed by atoms with Crippen molar-refractivity contribution in [1.29, 1.82) is 5.26 Å². The maximum absolute atomic E-state index is 8.45. The third-order valence-electron chi connectivity index (χ3n) is 2.17. The SMILES string of the molecule is COC1(C)CN(CC(Cl)C#N)C1. The summed E-state index contributed by atoms with van der Waals surface area (Å²) in [6, 6.07) is 1.99. The van der Waals surface area contributed by atoms with E-state index < -0.39 is 5.38 Å². The largest absolute Gasteiger partial charge is 0.376 e. The van der Waals surface area contributed by atoms with Crippen molar-refractivity contribution in [3.8, 4) is 6.07 Å². The van der Waals surface area contributed by atoms with Crippen molar-refractivity contribution >= 4 is 11.6 Å². The third-order valence-corrected chi connectivity index (χ3v) is 2.40. The Morgan fingerprint density at radius 1 is 1.75 bits per heavy atom. The predicted molar refractivity (Wildman–Crippen MR) is 47.1 cm³/mol. The van der Waals surface area contributed by atoms with E-state index in [4.69, 9.17) is 21.6 Å². The summed E-state index contributed by atoms with van der Waals surface area (Å²) in [5.41, 5.74) is -0.0218. The molecule has 12 heavy (non-hydrogen) atoms. The van der Waals surface area contributed by atoms with Gasteiger partial charge in [0.05, 0.1) is 11.7 Å². The average molecular weight is 189 g/mol. The van der Waals surface area contributed by atoms with Gasteiger partial charge in [0, 0.05) is 26.7 Å². The summed E-state index contributed by atoms with van der Waals surface area (Å²) < 4.78 is 5.25. The summed E-state index contributed by atoms with van der Waals surface area (Å²) in [7, 11) is 1.71. The summed E-state index contributed by atoms with van der Waals surface area (Å²) in [6.07, 6.45) is 0. The van der Waals surface area contributed by atoms with Crippen LogP contribution in [-0.2, 0) is 4.74 Å². The first-order chi connectivity index (χ1) is 5.59. The first kappa shape index (κ1) is 9.79. The van der Waals surface area contributed by atoms with E-state index in [-0.39, 0.29) is 5.60 Å². The normalized spacial score (nSPS) is 24.2. The van der Waals surface area contributed by atoms with Crippen molar-refractivity contribution < 1.29 is 4.74 Å². The van der Waals surface area contributed by atoms with Gasteiger partial charge in [0.2, 0.25) is 0 Å². The summed E-state index contributed by atoms with van der Waals surface area (Å²) >= 11 is 5.67. The zero-order chi connectivity index (χ0) is 9.19. The minimum Gasteiger partial charge on any atom is -0.376 e. The minimum absolute atomic E-state index is 0.0218. The molecule has 1 fully saturated rings. The Morgan fingerprint density at radius 2 is 2.33 bits per heavy atom. The van der Waals surface area contributed by atoms with Crippen LogP contribution in [0.25, 0.3) is 0 Å². The van der Waals surface area contributed by atoms with E-state index >= 15 is 0 Å². The van der Waals surface area contributed by atoms with Gasteiger partial charge in [-0.2, -0.15) is 5.26 Å². The second kappa shape index (κ2) is 3.61. The molecule has 1 heterocycles. The number of hydrogen-bond acceptors (Lipinski definition) is 3. The maximum Gasteiger partial charge on any atom is 0.133 e. The van der Waals surface area contributed by atoms with Gasteiger partial charge >= 0.3 is 0 Å². The molecule has 0 bridgehead atoms. The quantitative estimate of drug-likeness (QED) is 0.616. The van der Waals surface area contributed by atoms with Gasteiger partial charge in [-0.1, -0.05) is 0 Å². The molecule has 0 saturated carbocycles. The highest BCUT2D eigenvalue weighted by molar-refractivity contribution is 6.22. The Balaban J connectivity index is 2.22. The molecule has 0 amide bonds. The van der Waals surface area contributed by atoms with E-state index in [9.17, 15) is 0 Å². The standard InChI is InChI=1S/C8H13ClN2O/c1-8(12-2)5-11(6-8)4-7(9)3-10/h7H,4-6H2,1-2H3. The molecule has 0 aliphatic carbocycles. The smallest absolute Gasteiger partial charge is 0.133 e. The Bertz CT molecular complexity index is 196. The molecule has 0 N–H and O–H groups in total. The first-order valence-electron chi connectivity index (χ1n) is 3.91. The fourth-order valence-electron chi connectivity index (χ4n) is 1.43. The molecule has 0 aromatic heterocycles. The molecule has 0 radical (unpaired) electrons. The Labute approximate surface area is 77.9 Å².